The van der Waals surface area contributed by atoms with E-state index in [1.54, 1.807) is 13.0 Å². The smallest absolute Gasteiger partial charge is 0.460 e. The third-order valence-corrected chi connectivity index (χ3v) is 4.61. The maximum Gasteiger partial charge on any atom is 0.460 e. The van der Waals surface area contributed by atoms with Gasteiger partial charge in [-0.1, -0.05) is 18.7 Å². The van der Waals surface area contributed by atoms with Crippen molar-refractivity contribution < 1.29 is 33.1 Å². The first kappa shape index (κ1) is 19.6. The molecule has 8 heteroatoms. The number of rotatable bonds is 10. The van der Waals surface area contributed by atoms with Crippen molar-refractivity contribution in [2.24, 2.45) is 0 Å². The van der Waals surface area contributed by atoms with E-state index in [0.717, 1.165) is 6.08 Å². The number of ether oxygens (including phenoxy) is 1. The fraction of sp³-hybridized carbons (Fsp3) is 0.312. The molecule has 1 radical (unpaired) electrons. The SMILES string of the molecule is C=CC(=O)OCCC[Si](OCC)OC(=O)c1ccccc1C(=O)O. The minimum Gasteiger partial charge on any atom is -0.488 e. The standard InChI is InChI=1S/C16H19O7Si/c1-3-14(17)21-10-7-11-24(22-4-2)23-16(20)13-9-6-5-8-12(13)15(18)19/h3,5-6,8-9H,1,4,7,10-11H2,2H3,(H,18,19). The average Bonchev–Trinajstić information content (AvgIpc) is 2.58. The Hall–Kier alpha value is -2.45. The first-order chi connectivity index (χ1) is 11.5. The number of esters is 1. The zero-order valence-electron chi connectivity index (χ0n) is 13.3. The minimum atomic E-state index is -1.95. The number of hydrogen-bond acceptors (Lipinski definition) is 6. The van der Waals surface area contributed by atoms with Crippen LogP contribution in [0.4, 0.5) is 0 Å². The fourth-order valence-corrected chi connectivity index (χ4v) is 3.14. The molecule has 24 heavy (non-hydrogen) atoms. The van der Waals surface area contributed by atoms with E-state index in [-0.39, 0.29) is 17.7 Å². The van der Waals surface area contributed by atoms with Crippen LogP contribution >= 0.6 is 0 Å². The summed E-state index contributed by atoms with van der Waals surface area (Å²) in [5.41, 5.74) is -0.148. The summed E-state index contributed by atoms with van der Waals surface area (Å²) in [6, 6.07) is 6.22. The topological polar surface area (TPSA) is 99.1 Å². The molecule has 1 aromatic carbocycles. The van der Waals surface area contributed by atoms with E-state index < -0.39 is 27.2 Å². The molecule has 0 spiro atoms. The number of carboxylic acid groups (broad SMARTS) is 1. The van der Waals surface area contributed by atoms with Crippen molar-refractivity contribution in [1.29, 1.82) is 0 Å². The Morgan fingerprint density at radius 1 is 1.25 bits per heavy atom. The number of carboxylic acids is 1. The molecule has 0 aliphatic heterocycles. The number of hydrogen-bond donors (Lipinski definition) is 1. The normalized spacial score (nSPS) is 10.2. The van der Waals surface area contributed by atoms with Gasteiger partial charge in [-0.05, 0) is 25.5 Å². The highest BCUT2D eigenvalue weighted by Gasteiger charge is 2.24. The van der Waals surface area contributed by atoms with Gasteiger partial charge in [-0.15, -0.1) is 0 Å². The monoisotopic (exact) mass is 351 g/mol. The van der Waals surface area contributed by atoms with Gasteiger partial charge in [0.2, 0.25) is 0 Å². The summed E-state index contributed by atoms with van der Waals surface area (Å²) in [4.78, 5) is 34.3. The molecule has 7 nitrogen and oxygen atoms in total. The number of carbonyl (C=O) groups excluding carboxylic acids is 2. The lowest BCUT2D eigenvalue weighted by Crippen LogP contribution is -2.27. The van der Waals surface area contributed by atoms with Crippen molar-refractivity contribution in [3.8, 4) is 0 Å². The molecule has 1 rings (SSSR count). The van der Waals surface area contributed by atoms with Gasteiger partial charge in [-0.2, -0.15) is 0 Å². The van der Waals surface area contributed by atoms with E-state index in [9.17, 15) is 14.4 Å². The number of benzene rings is 1. The molecule has 0 heterocycles. The van der Waals surface area contributed by atoms with Crippen molar-refractivity contribution in [3.63, 3.8) is 0 Å². The lowest BCUT2D eigenvalue weighted by Gasteiger charge is -2.15. The van der Waals surface area contributed by atoms with Crippen LogP contribution in [0.15, 0.2) is 36.9 Å². The highest BCUT2D eigenvalue weighted by molar-refractivity contribution is 6.47. The molecule has 129 valence electrons. The first-order valence-corrected chi connectivity index (χ1v) is 8.84. The zero-order valence-corrected chi connectivity index (χ0v) is 14.3. The van der Waals surface area contributed by atoms with E-state index in [1.807, 2.05) is 0 Å². The summed E-state index contributed by atoms with van der Waals surface area (Å²) in [6.07, 6.45) is 1.53. The lowest BCUT2D eigenvalue weighted by molar-refractivity contribution is -0.137. The zero-order chi connectivity index (χ0) is 17.9. The Kier molecular flexibility index (Phi) is 8.45. The third-order valence-electron chi connectivity index (χ3n) is 2.83. The molecular weight excluding hydrogens is 332 g/mol. The molecular formula is C16H19O7Si. The summed E-state index contributed by atoms with van der Waals surface area (Å²) < 4.78 is 15.6. The van der Waals surface area contributed by atoms with Crippen LogP contribution in [0.1, 0.15) is 34.1 Å². The van der Waals surface area contributed by atoms with E-state index >= 15 is 0 Å². The van der Waals surface area contributed by atoms with E-state index in [4.69, 9.17) is 18.7 Å². The van der Waals surface area contributed by atoms with Gasteiger partial charge in [-0.25, -0.2) is 14.4 Å². The Balaban J connectivity index is 2.64. The fourth-order valence-electron chi connectivity index (χ4n) is 1.77. The van der Waals surface area contributed by atoms with Crippen LogP contribution in [0.2, 0.25) is 6.04 Å². The highest BCUT2D eigenvalue weighted by Crippen LogP contribution is 2.13. The minimum absolute atomic E-state index is 0.0229. The van der Waals surface area contributed by atoms with Crippen molar-refractivity contribution >= 4 is 27.2 Å². The molecule has 0 unspecified atom stereocenters. The van der Waals surface area contributed by atoms with Crippen LogP contribution in [0.3, 0.4) is 0 Å². The summed E-state index contributed by atoms with van der Waals surface area (Å²) in [6.45, 7) is 5.57. The second kappa shape index (κ2) is 10.3. The van der Waals surface area contributed by atoms with Gasteiger partial charge in [0, 0.05) is 18.7 Å². The van der Waals surface area contributed by atoms with Crippen LogP contribution in [-0.2, 0) is 18.4 Å². The van der Waals surface area contributed by atoms with Crippen molar-refractivity contribution in [1.82, 2.24) is 0 Å². The molecule has 0 amide bonds. The summed E-state index contributed by atoms with van der Waals surface area (Å²) in [5, 5.41) is 9.11. The van der Waals surface area contributed by atoms with E-state index in [1.165, 1.54) is 18.2 Å². The van der Waals surface area contributed by atoms with Crippen molar-refractivity contribution in [3.05, 3.63) is 48.0 Å². The van der Waals surface area contributed by atoms with E-state index in [0.29, 0.717) is 19.1 Å². The summed E-state index contributed by atoms with van der Waals surface area (Å²) in [7, 11) is -1.95. The van der Waals surface area contributed by atoms with Gasteiger partial charge in [0.25, 0.3) is 0 Å². The first-order valence-electron chi connectivity index (χ1n) is 7.31. The second-order valence-corrected chi connectivity index (χ2v) is 6.26. The summed E-state index contributed by atoms with van der Waals surface area (Å²) in [5.74, 6) is -2.46. The predicted octanol–water partition coefficient (Wildman–Crippen LogP) is 2.19. The maximum atomic E-state index is 12.2. The Labute approximate surface area is 141 Å². The van der Waals surface area contributed by atoms with Crippen LogP contribution in [0, 0.1) is 0 Å². The van der Waals surface area contributed by atoms with E-state index in [2.05, 4.69) is 6.58 Å². The largest absolute Gasteiger partial charge is 0.488 e. The predicted molar refractivity (Wildman–Crippen MR) is 86.8 cm³/mol. The van der Waals surface area contributed by atoms with Gasteiger partial charge < -0.3 is 18.7 Å². The van der Waals surface area contributed by atoms with Gasteiger partial charge in [0.1, 0.15) is 0 Å². The lowest BCUT2D eigenvalue weighted by atomic mass is 10.1. The molecule has 0 bridgehead atoms. The Bertz CT molecular complexity index is 600. The summed E-state index contributed by atoms with van der Waals surface area (Å²) >= 11 is 0. The quantitative estimate of drug-likeness (QED) is 0.298. The highest BCUT2D eigenvalue weighted by atomic mass is 28.3. The van der Waals surface area contributed by atoms with Crippen LogP contribution < -0.4 is 0 Å². The van der Waals surface area contributed by atoms with Gasteiger partial charge >= 0.3 is 27.2 Å². The number of aromatic carboxylic acids is 1. The van der Waals surface area contributed by atoms with Crippen LogP contribution in [-0.4, -0.2) is 45.5 Å². The van der Waals surface area contributed by atoms with Crippen LogP contribution in [0.25, 0.3) is 0 Å². The van der Waals surface area contributed by atoms with Gasteiger partial charge in [0.15, 0.2) is 0 Å². The van der Waals surface area contributed by atoms with Gasteiger partial charge in [0.05, 0.1) is 17.7 Å². The second-order valence-electron chi connectivity index (χ2n) is 4.52. The molecule has 0 fully saturated rings. The Morgan fingerprint density at radius 2 is 1.92 bits per heavy atom. The molecule has 1 aromatic rings. The number of carbonyl (C=O) groups is 3. The molecule has 1 N–H and O–H groups in total. The molecule has 0 aliphatic rings. The van der Waals surface area contributed by atoms with Gasteiger partial charge in [-0.3, -0.25) is 0 Å². The molecule has 0 aromatic heterocycles. The molecule has 0 saturated carbocycles. The van der Waals surface area contributed by atoms with Crippen LogP contribution in [0.5, 0.6) is 0 Å². The average molecular weight is 351 g/mol. The Morgan fingerprint density at radius 3 is 2.50 bits per heavy atom. The molecule has 0 atom stereocenters. The molecule has 0 aliphatic carbocycles. The maximum absolute atomic E-state index is 12.2. The van der Waals surface area contributed by atoms with Crippen molar-refractivity contribution in [2.75, 3.05) is 13.2 Å². The van der Waals surface area contributed by atoms with Crippen molar-refractivity contribution in [2.45, 2.75) is 19.4 Å². The third kappa shape index (κ3) is 6.35. The molecule has 0 saturated heterocycles.